The lowest BCUT2D eigenvalue weighted by molar-refractivity contribution is -0.385. The first-order valence-electron chi connectivity index (χ1n) is 8.19. The van der Waals surface area contributed by atoms with Gasteiger partial charge in [0.25, 0.3) is 5.91 Å². The second kappa shape index (κ2) is 7.23. The number of carbonyl (C=O) groups excluding carboxylic acids is 1. The highest BCUT2D eigenvalue weighted by Gasteiger charge is 2.21. The molecule has 0 aliphatic rings. The molecule has 0 aromatic heterocycles. The first-order valence-corrected chi connectivity index (χ1v) is 8.19. The molecule has 3 rings (SSSR count). The van der Waals surface area contributed by atoms with Gasteiger partial charge in [-0.2, -0.15) is 0 Å². The summed E-state index contributed by atoms with van der Waals surface area (Å²) in [6.07, 6.45) is 0. The van der Waals surface area contributed by atoms with Gasteiger partial charge in [0.15, 0.2) is 5.75 Å². The van der Waals surface area contributed by atoms with Gasteiger partial charge in [0.05, 0.1) is 11.5 Å². The van der Waals surface area contributed by atoms with Crippen LogP contribution in [0.3, 0.4) is 0 Å². The summed E-state index contributed by atoms with van der Waals surface area (Å²) < 4.78 is 5.26. The van der Waals surface area contributed by atoms with E-state index in [1.807, 2.05) is 42.5 Å². The summed E-state index contributed by atoms with van der Waals surface area (Å²) in [7, 11) is 1.65. The smallest absolute Gasteiger partial charge is 0.311 e. The highest BCUT2D eigenvalue weighted by Crippen LogP contribution is 2.29. The number of nitrogens with zero attached hydrogens (tertiary/aromatic N) is 2. The van der Waals surface area contributed by atoms with Gasteiger partial charge in [-0.05, 0) is 42.0 Å². The summed E-state index contributed by atoms with van der Waals surface area (Å²) in [4.78, 5) is 25.0. The Kier molecular flexibility index (Phi) is 4.84. The summed E-state index contributed by atoms with van der Waals surface area (Å²) in [5.74, 6) is -0.172. The van der Waals surface area contributed by atoms with Crippen molar-refractivity contribution in [3.63, 3.8) is 0 Å². The van der Waals surface area contributed by atoms with Crippen molar-refractivity contribution >= 4 is 28.1 Å². The lowest BCUT2D eigenvalue weighted by Gasteiger charge is -2.18. The minimum atomic E-state index is -0.544. The Hall–Kier alpha value is -3.41. The normalized spacial score (nSPS) is 10.5. The van der Waals surface area contributed by atoms with Crippen molar-refractivity contribution < 1.29 is 14.5 Å². The molecule has 0 saturated carbocycles. The van der Waals surface area contributed by atoms with Gasteiger partial charge in [0, 0.05) is 24.4 Å². The second-order valence-corrected chi connectivity index (χ2v) is 5.77. The number of hydrogen-bond acceptors (Lipinski definition) is 4. The van der Waals surface area contributed by atoms with Crippen LogP contribution in [0.5, 0.6) is 5.75 Å². The molecule has 0 unspecified atom stereocenters. The Balaban J connectivity index is 1.94. The van der Waals surface area contributed by atoms with Crippen molar-refractivity contribution in [3.05, 3.63) is 76.3 Å². The average Bonchev–Trinajstić information content (AvgIpc) is 2.66. The maximum absolute atomic E-state index is 12.8. The van der Waals surface area contributed by atoms with Crippen molar-refractivity contribution in [2.75, 3.05) is 18.6 Å². The zero-order valence-electron chi connectivity index (χ0n) is 14.5. The molecule has 0 heterocycles. The number of carbonyl (C=O) groups is 1. The second-order valence-electron chi connectivity index (χ2n) is 5.77. The number of nitro groups is 1. The number of anilines is 1. The lowest BCUT2D eigenvalue weighted by Crippen LogP contribution is -2.26. The molecule has 0 spiro atoms. The summed E-state index contributed by atoms with van der Waals surface area (Å²) in [6.45, 7) is 2.06. The Labute approximate surface area is 150 Å². The molecular formula is C20H18N2O4. The van der Waals surface area contributed by atoms with Crippen molar-refractivity contribution in [2.45, 2.75) is 6.92 Å². The number of benzene rings is 3. The SMILES string of the molecule is CCOc1ccc(C(=O)N(C)c2ccc3ccccc3c2)cc1[N+](=O)[O-]. The number of nitro benzene ring substituents is 1. The predicted octanol–water partition coefficient (Wildman–Crippen LogP) is 4.42. The third kappa shape index (κ3) is 3.35. The highest BCUT2D eigenvalue weighted by atomic mass is 16.6. The van der Waals surface area contributed by atoms with Crippen molar-refractivity contribution in [2.24, 2.45) is 0 Å². The van der Waals surface area contributed by atoms with Crippen molar-refractivity contribution in [1.82, 2.24) is 0 Å². The van der Waals surface area contributed by atoms with Gasteiger partial charge in [-0.15, -0.1) is 0 Å². The Morgan fingerprint density at radius 1 is 1.08 bits per heavy atom. The highest BCUT2D eigenvalue weighted by molar-refractivity contribution is 6.07. The third-order valence-electron chi connectivity index (χ3n) is 4.13. The molecule has 0 aliphatic heterocycles. The molecular weight excluding hydrogens is 332 g/mol. The van der Waals surface area contributed by atoms with Crippen LogP contribution in [0.4, 0.5) is 11.4 Å². The Morgan fingerprint density at radius 3 is 2.50 bits per heavy atom. The van der Waals surface area contributed by atoms with Crippen LogP contribution < -0.4 is 9.64 Å². The van der Waals surface area contributed by atoms with Gasteiger partial charge >= 0.3 is 5.69 Å². The molecule has 1 amide bonds. The lowest BCUT2D eigenvalue weighted by atomic mass is 10.1. The van der Waals surface area contributed by atoms with Gasteiger partial charge < -0.3 is 9.64 Å². The van der Waals surface area contributed by atoms with Crippen LogP contribution in [0.2, 0.25) is 0 Å². The van der Waals surface area contributed by atoms with E-state index in [2.05, 4.69) is 0 Å². The molecule has 0 N–H and O–H groups in total. The Bertz CT molecular complexity index is 984. The first-order chi connectivity index (χ1) is 12.5. The van der Waals surface area contributed by atoms with E-state index in [9.17, 15) is 14.9 Å². The maximum Gasteiger partial charge on any atom is 0.311 e. The van der Waals surface area contributed by atoms with E-state index in [1.165, 1.54) is 23.1 Å². The quantitative estimate of drug-likeness (QED) is 0.504. The fourth-order valence-electron chi connectivity index (χ4n) is 2.77. The fourth-order valence-corrected chi connectivity index (χ4v) is 2.77. The van der Waals surface area contributed by atoms with E-state index >= 15 is 0 Å². The van der Waals surface area contributed by atoms with Gasteiger partial charge in [0.1, 0.15) is 0 Å². The molecule has 0 saturated heterocycles. The van der Waals surface area contributed by atoms with Gasteiger partial charge in [0.2, 0.25) is 0 Å². The van der Waals surface area contributed by atoms with E-state index in [0.29, 0.717) is 12.3 Å². The van der Waals surface area contributed by atoms with Crippen LogP contribution in [-0.2, 0) is 0 Å². The van der Waals surface area contributed by atoms with Crippen LogP contribution in [0.25, 0.3) is 10.8 Å². The molecule has 26 heavy (non-hydrogen) atoms. The van der Waals surface area contributed by atoms with Crippen molar-refractivity contribution in [1.29, 1.82) is 0 Å². The number of amides is 1. The average molecular weight is 350 g/mol. The number of fused-ring (bicyclic) bond motifs is 1. The monoisotopic (exact) mass is 350 g/mol. The molecule has 0 radical (unpaired) electrons. The van der Waals surface area contributed by atoms with Crippen LogP contribution in [-0.4, -0.2) is 24.5 Å². The minimum Gasteiger partial charge on any atom is -0.487 e. The standard InChI is InChI=1S/C20H18N2O4/c1-3-26-19-11-9-16(13-18(19)22(24)25)20(23)21(2)17-10-8-14-6-4-5-7-15(14)12-17/h4-13H,3H2,1-2H3. The van der Waals surface area contributed by atoms with Gasteiger partial charge in [-0.3, -0.25) is 14.9 Å². The predicted molar refractivity (Wildman–Crippen MR) is 101 cm³/mol. The fraction of sp³-hybridized carbons (Fsp3) is 0.150. The van der Waals surface area contributed by atoms with E-state index in [4.69, 9.17) is 4.74 Å². The summed E-state index contributed by atoms with van der Waals surface area (Å²) in [5, 5.41) is 13.4. The van der Waals surface area contributed by atoms with Gasteiger partial charge in [-0.1, -0.05) is 30.3 Å². The molecule has 0 aliphatic carbocycles. The molecule has 132 valence electrons. The van der Waals surface area contributed by atoms with E-state index in [0.717, 1.165) is 10.8 Å². The van der Waals surface area contributed by atoms with E-state index in [1.54, 1.807) is 14.0 Å². The molecule has 0 bridgehead atoms. The number of rotatable bonds is 5. The molecule has 0 atom stereocenters. The maximum atomic E-state index is 12.8. The third-order valence-corrected chi connectivity index (χ3v) is 4.13. The van der Waals surface area contributed by atoms with E-state index < -0.39 is 4.92 Å². The molecule has 6 nitrogen and oxygen atoms in total. The zero-order chi connectivity index (χ0) is 18.7. The zero-order valence-corrected chi connectivity index (χ0v) is 14.5. The Morgan fingerprint density at radius 2 is 1.81 bits per heavy atom. The van der Waals surface area contributed by atoms with Crippen LogP contribution in [0.15, 0.2) is 60.7 Å². The largest absolute Gasteiger partial charge is 0.487 e. The topological polar surface area (TPSA) is 72.7 Å². The summed E-state index contributed by atoms with van der Waals surface area (Å²) in [6, 6.07) is 17.8. The minimum absolute atomic E-state index is 0.155. The first kappa shape index (κ1) is 17.4. The molecule has 3 aromatic rings. The molecule has 3 aromatic carbocycles. The van der Waals surface area contributed by atoms with Gasteiger partial charge in [-0.25, -0.2) is 0 Å². The summed E-state index contributed by atoms with van der Waals surface area (Å²) in [5.41, 5.74) is 0.727. The number of ether oxygens (including phenoxy) is 1. The molecule has 0 fully saturated rings. The number of hydrogen-bond donors (Lipinski definition) is 0. The van der Waals surface area contributed by atoms with Crippen LogP contribution in [0.1, 0.15) is 17.3 Å². The van der Waals surface area contributed by atoms with Crippen molar-refractivity contribution in [3.8, 4) is 5.75 Å². The molecule has 6 heteroatoms. The summed E-state index contributed by atoms with van der Waals surface area (Å²) >= 11 is 0. The van der Waals surface area contributed by atoms with Crippen LogP contribution >= 0.6 is 0 Å². The van der Waals surface area contributed by atoms with Crippen LogP contribution in [0, 0.1) is 10.1 Å². The van der Waals surface area contributed by atoms with E-state index in [-0.39, 0.29) is 22.9 Å².